The Labute approximate surface area is 148 Å². The third-order valence-corrected chi connectivity index (χ3v) is 4.37. The topological polar surface area (TPSA) is 70.2 Å². The maximum absolute atomic E-state index is 12.4. The molecule has 0 saturated carbocycles. The van der Waals surface area contributed by atoms with Gasteiger partial charge in [0.2, 0.25) is 5.91 Å². The molecule has 0 bridgehead atoms. The Kier molecular flexibility index (Phi) is 7.06. The highest BCUT2D eigenvalue weighted by Crippen LogP contribution is 2.21. The SMILES string of the molecule is CC(C)CC(=O)Nc1ccc(Cl)c(C(=O)NCC2CCCNC2)c1. The average molecular weight is 352 g/mol. The molecule has 0 aliphatic carbocycles. The highest BCUT2D eigenvalue weighted by molar-refractivity contribution is 6.34. The summed E-state index contributed by atoms with van der Waals surface area (Å²) in [5.74, 6) is 0.470. The van der Waals surface area contributed by atoms with Crippen LogP contribution in [0.3, 0.4) is 0 Å². The zero-order valence-corrected chi connectivity index (χ0v) is 15.1. The molecule has 1 heterocycles. The summed E-state index contributed by atoms with van der Waals surface area (Å²) in [6.45, 7) is 6.58. The van der Waals surface area contributed by atoms with Crippen LogP contribution in [0.25, 0.3) is 0 Å². The third-order valence-electron chi connectivity index (χ3n) is 4.04. The third kappa shape index (κ3) is 5.80. The molecule has 5 nitrogen and oxygen atoms in total. The Bertz CT molecular complexity index is 584. The van der Waals surface area contributed by atoms with Crippen molar-refractivity contribution in [3.63, 3.8) is 0 Å². The molecule has 1 atom stereocenters. The standard InChI is InChI=1S/C18H26ClN3O2/c1-12(2)8-17(23)22-14-5-6-16(19)15(9-14)18(24)21-11-13-4-3-7-20-10-13/h5-6,9,12-13,20H,3-4,7-8,10-11H2,1-2H3,(H,21,24)(H,22,23). The highest BCUT2D eigenvalue weighted by Gasteiger charge is 2.16. The van der Waals surface area contributed by atoms with E-state index < -0.39 is 0 Å². The number of hydrogen-bond donors (Lipinski definition) is 3. The fourth-order valence-electron chi connectivity index (χ4n) is 2.79. The Morgan fingerprint density at radius 3 is 2.83 bits per heavy atom. The van der Waals surface area contributed by atoms with Crippen LogP contribution in [0.5, 0.6) is 0 Å². The summed E-state index contributed by atoms with van der Waals surface area (Å²) in [6, 6.07) is 4.99. The zero-order valence-electron chi connectivity index (χ0n) is 14.3. The van der Waals surface area contributed by atoms with E-state index in [4.69, 9.17) is 11.6 Å². The molecule has 1 aliphatic heterocycles. The van der Waals surface area contributed by atoms with Crippen LogP contribution >= 0.6 is 11.6 Å². The van der Waals surface area contributed by atoms with Crippen molar-refractivity contribution in [2.45, 2.75) is 33.1 Å². The van der Waals surface area contributed by atoms with E-state index in [9.17, 15) is 9.59 Å². The first-order chi connectivity index (χ1) is 11.5. The molecule has 2 rings (SSSR count). The molecule has 24 heavy (non-hydrogen) atoms. The molecular weight excluding hydrogens is 326 g/mol. The van der Waals surface area contributed by atoms with Crippen LogP contribution in [0.1, 0.15) is 43.5 Å². The van der Waals surface area contributed by atoms with Gasteiger partial charge >= 0.3 is 0 Å². The van der Waals surface area contributed by atoms with E-state index in [0.29, 0.717) is 35.2 Å². The Morgan fingerprint density at radius 2 is 2.17 bits per heavy atom. The molecule has 1 aliphatic rings. The minimum absolute atomic E-state index is 0.0630. The van der Waals surface area contributed by atoms with Crippen molar-refractivity contribution in [1.29, 1.82) is 0 Å². The fraction of sp³-hybridized carbons (Fsp3) is 0.556. The Balaban J connectivity index is 1.96. The first-order valence-corrected chi connectivity index (χ1v) is 8.92. The molecule has 1 aromatic carbocycles. The zero-order chi connectivity index (χ0) is 17.5. The van der Waals surface area contributed by atoms with Gasteiger partial charge < -0.3 is 16.0 Å². The minimum atomic E-state index is -0.203. The lowest BCUT2D eigenvalue weighted by atomic mass is 9.99. The van der Waals surface area contributed by atoms with E-state index in [-0.39, 0.29) is 17.7 Å². The molecule has 1 fully saturated rings. The Morgan fingerprint density at radius 1 is 1.38 bits per heavy atom. The number of piperidine rings is 1. The van der Waals surface area contributed by atoms with E-state index in [1.165, 1.54) is 0 Å². The van der Waals surface area contributed by atoms with E-state index in [0.717, 1.165) is 25.9 Å². The molecule has 0 radical (unpaired) electrons. The quantitative estimate of drug-likeness (QED) is 0.737. The van der Waals surface area contributed by atoms with Crippen molar-refractivity contribution in [3.8, 4) is 0 Å². The second-order valence-electron chi connectivity index (χ2n) is 6.76. The van der Waals surface area contributed by atoms with Crippen LogP contribution in [-0.4, -0.2) is 31.4 Å². The van der Waals surface area contributed by atoms with Crippen molar-refractivity contribution in [1.82, 2.24) is 10.6 Å². The van der Waals surface area contributed by atoms with Gasteiger partial charge in [-0.15, -0.1) is 0 Å². The number of nitrogens with one attached hydrogen (secondary N) is 3. The predicted molar refractivity (Wildman–Crippen MR) is 97.5 cm³/mol. The number of anilines is 1. The molecular formula is C18H26ClN3O2. The van der Waals surface area contributed by atoms with Crippen LogP contribution in [0.2, 0.25) is 5.02 Å². The van der Waals surface area contributed by atoms with E-state index in [2.05, 4.69) is 16.0 Å². The molecule has 2 amide bonds. The lowest BCUT2D eigenvalue weighted by molar-refractivity contribution is -0.116. The van der Waals surface area contributed by atoms with Crippen LogP contribution in [0.15, 0.2) is 18.2 Å². The summed E-state index contributed by atoms with van der Waals surface area (Å²) in [5.41, 5.74) is 0.984. The van der Waals surface area contributed by atoms with Gasteiger partial charge in [0, 0.05) is 18.7 Å². The summed E-state index contributed by atoms with van der Waals surface area (Å²) < 4.78 is 0. The summed E-state index contributed by atoms with van der Waals surface area (Å²) >= 11 is 6.15. The number of carbonyl (C=O) groups is 2. The monoisotopic (exact) mass is 351 g/mol. The summed E-state index contributed by atoms with van der Waals surface area (Å²) in [6.07, 6.45) is 2.70. The molecule has 1 unspecified atom stereocenters. The first-order valence-electron chi connectivity index (χ1n) is 8.54. The van der Waals surface area contributed by atoms with Gasteiger partial charge in [-0.2, -0.15) is 0 Å². The van der Waals surface area contributed by atoms with E-state index in [1.807, 2.05) is 13.8 Å². The summed E-state index contributed by atoms with van der Waals surface area (Å²) in [4.78, 5) is 24.3. The Hall–Kier alpha value is -1.59. The van der Waals surface area contributed by atoms with Crippen molar-refractivity contribution < 1.29 is 9.59 Å². The van der Waals surface area contributed by atoms with Gasteiger partial charge in [0.1, 0.15) is 0 Å². The molecule has 3 N–H and O–H groups in total. The molecule has 6 heteroatoms. The van der Waals surface area contributed by atoms with Crippen LogP contribution < -0.4 is 16.0 Å². The highest BCUT2D eigenvalue weighted by atomic mass is 35.5. The fourth-order valence-corrected chi connectivity index (χ4v) is 2.99. The number of halogens is 1. The maximum Gasteiger partial charge on any atom is 0.252 e. The molecule has 132 valence electrons. The molecule has 0 aromatic heterocycles. The number of carbonyl (C=O) groups excluding carboxylic acids is 2. The second-order valence-corrected chi connectivity index (χ2v) is 7.17. The van der Waals surface area contributed by atoms with Gasteiger partial charge in [0.05, 0.1) is 10.6 Å². The lowest BCUT2D eigenvalue weighted by Crippen LogP contribution is -2.38. The van der Waals surface area contributed by atoms with Gasteiger partial charge in [0.15, 0.2) is 0 Å². The number of benzene rings is 1. The van der Waals surface area contributed by atoms with Crippen molar-refractivity contribution in [2.75, 3.05) is 25.0 Å². The summed E-state index contributed by atoms with van der Waals surface area (Å²) in [5, 5.41) is 9.48. The van der Waals surface area contributed by atoms with Crippen molar-refractivity contribution in [3.05, 3.63) is 28.8 Å². The normalized spacial score (nSPS) is 17.6. The van der Waals surface area contributed by atoms with Gasteiger partial charge in [0.25, 0.3) is 5.91 Å². The van der Waals surface area contributed by atoms with Gasteiger partial charge in [-0.05, 0) is 56.0 Å². The molecule has 0 spiro atoms. The van der Waals surface area contributed by atoms with Gasteiger partial charge in [-0.3, -0.25) is 9.59 Å². The van der Waals surface area contributed by atoms with Crippen molar-refractivity contribution >= 4 is 29.1 Å². The average Bonchev–Trinajstić information content (AvgIpc) is 2.54. The number of amides is 2. The predicted octanol–water partition coefficient (Wildman–Crippen LogP) is 3.05. The minimum Gasteiger partial charge on any atom is -0.352 e. The summed E-state index contributed by atoms with van der Waals surface area (Å²) in [7, 11) is 0. The molecule has 1 saturated heterocycles. The van der Waals surface area contributed by atoms with E-state index in [1.54, 1.807) is 18.2 Å². The van der Waals surface area contributed by atoms with Crippen LogP contribution in [0.4, 0.5) is 5.69 Å². The van der Waals surface area contributed by atoms with Gasteiger partial charge in [-0.25, -0.2) is 0 Å². The number of rotatable bonds is 6. The largest absolute Gasteiger partial charge is 0.352 e. The maximum atomic E-state index is 12.4. The number of hydrogen-bond acceptors (Lipinski definition) is 3. The first kappa shape index (κ1) is 18.7. The smallest absolute Gasteiger partial charge is 0.252 e. The van der Waals surface area contributed by atoms with E-state index >= 15 is 0 Å². The van der Waals surface area contributed by atoms with Crippen molar-refractivity contribution in [2.24, 2.45) is 11.8 Å². The van der Waals surface area contributed by atoms with Crippen LogP contribution in [0, 0.1) is 11.8 Å². The second kappa shape index (κ2) is 9.04. The van der Waals surface area contributed by atoms with Crippen LogP contribution in [-0.2, 0) is 4.79 Å². The molecule has 1 aromatic rings. The van der Waals surface area contributed by atoms with Gasteiger partial charge in [-0.1, -0.05) is 25.4 Å². The lowest BCUT2D eigenvalue weighted by Gasteiger charge is -2.23.